The molecule has 4 aliphatic rings. The van der Waals surface area contributed by atoms with Gasteiger partial charge in [-0.05, 0) is 18.6 Å². The number of fused-ring (bicyclic) bond motifs is 1. The van der Waals surface area contributed by atoms with Crippen LogP contribution in [0.15, 0.2) is 33.6 Å². The maximum atomic E-state index is 13.4. The Morgan fingerprint density at radius 2 is 1.87 bits per heavy atom. The topological polar surface area (TPSA) is 85.3 Å². The average molecular weight is 454 g/mol. The molecule has 1 aromatic rings. The number of hydrogen-bond donors (Lipinski definition) is 1. The van der Waals surface area contributed by atoms with Gasteiger partial charge in [0.1, 0.15) is 4.90 Å². The van der Waals surface area contributed by atoms with E-state index in [4.69, 9.17) is 0 Å². The number of alkyl halides is 2. The van der Waals surface area contributed by atoms with E-state index in [9.17, 15) is 22.0 Å². The smallest absolute Gasteiger partial charge is 0.285 e. The van der Waals surface area contributed by atoms with E-state index in [1.807, 2.05) is 11.0 Å². The van der Waals surface area contributed by atoms with Crippen molar-refractivity contribution in [3.8, 4) is 0 Å². The third kappa shape index (κ3) is 3.83. The fraction of sp³-hybridized carbons (Fsp3) is 0.600. The number of nitrogens with zero attached hydrogens (tertiary/aromatic N) is 4. The van der Waals surface area contributed by atoms with Gasteiger partial charge >= 0.3 is 0 Å². The fourth-order valence-corrected chi connectivity index (χ4v) is 6.17. The molecule has 1 aromatic carbocycles. The van der Waals surface area contributed by atoms with Gasteiger partial charge in [-0.15, -0.1) is 4.40 Å². The molecule has 4 aliphatic heterocycles. The van der Waals surface area contributed by atoms with Crippen LogP contribution in [0, 0.1) is 0 Å². The molecule has 0 aliphatic carbocycles. The van der Waals surface area contributed by atoms with E-state index in [1.165, 1.54) is 4.90 Å². The molecule has 0 aromatic heterocycles. The zero-order valence-corrected chi connectivity index (χ0v) is 17.8. The quantitative estimate of drug-likeness (QED) is 0.696. The number of halogens is 2. The Labute approximate surface area is 179 Å². The van der Waals surface area contributed by atoms with Gasteiger partial charge in [0, 0.05) is 57.3 Å². The van der Waals surface area contributed by atoms with Crippen LogP contribution in [0.2, 0.25) is 0 Å². The van der Waals surface area contributed by atoms with Crippen molar-refractivity contribution < 1.29 is 22.0 Å². The summed E-state index contributed by atoms with van der Waals surface area (Å²) in [5, 5.41) is 3.20. The van der Waals surface area contributed by atoms with Crippen molar-refractivity contribution in [3.63, 3.8) is 0 Å². The van der Waals surface area contributed by atoms with Crippen LogP contribution in [0.1, 0.15) is 18.4 Å². The zero-order chi connectivity index (χ0) is 21.8. The summed E-state index contributed by atoms with van der Waals surface area (Å²) in [5.41, 5.74) is 0.645. The third-order valence-corrected chi connectivity index (χ3v) is 7.95. The van der Waals surface area contributed by atoms with Crippen LogP contribution < -0.4 is 5.32 Å². The lowest BCUT2D eigenvalue weighted by Gasteiger charge is -2.38. The molecule has 3 fully saturated rings. The Bertz CT molecular complexity index is 1020. The van der Waals surface area contributed by atoms with Crippen LogP contribution in [-0.4, -0.2) is 98.7 Å². The first-order valence-electron chi connectivity index (χ1n) is 10.6. The van der Waals surface area contributed by atoms with Gasteiger partial charge in [-0.25, -0.2) is 8.78 Å². The summed E-state index contributed by atoms with van der Waals surface area (Å²) in [6.45, 7) is 2.97. The molecule has 8 nitrogen and oxygen atoms in total. The largest absolute Gasteiger partial charge is 0.353 e. The van der Waals surface area contributed by atoms with E-state index in [2.05, 4.69) is 14.6 Å². The summed E-state index contributed by atoms with van der Waals surface area (Å²) in [6, 6.07) is 6.59. The molecule has 11 heteroatoms. The number of amides is 1. The Hall–Kier alpha value is -2.11. The Morgan fingerprint density at radius 1 is 1.13 bits per heavy atom. The molecule has 3 saturated heterocycles. The summed E-state index contributed by atoms with van der Waals surface area (Å²) in [6.07, 6.45) is 0.332. The average Bonchev–Trinajstić information content (AvgIpc) is 3.44. The number of hydrogen-bond acceptors (Lipinski definition) is 6. The Morgan fingerprint density at radius 3 is 2.58 bits per heavy atom. The minimum Gasteiger partial charge on any atom is -0.353 e. The van der Waals surface area contributed by atoms with Crippen molar-refractivity contribution in [1.29, 1.82) is 0 Å². The minimum atomic E-state index is -3.64. The minimum absolute atomic E-state index is 0.111. The van der Waals surface area contributed by atoms with Crippen molar-refractivity contribution >= 4 is 21.8 Å². The molecule has 0 saturated carbocycles. The zero-order valence-electron chi connectivity index (χ0n) is 17.0. The number of sulfonamides is 1. The second-order valence-electron chi connectivity index (χ2n) is 8.63. The molecule has 0 bridgehead atoms. The molecular formula is C20H25F2N5O3S. The summed E-state index contributed by atoms with van der Waals surface area (Å²) in [4.78, 5) is 18.4. The standard InChI is InChI=1S/C20H25F2N5O3S/c21-20(22)5-6-27(13-20)19(28)16-11-14(12-23-16)25-7-9-26(10-8-25)18-15-3-1-2-4-17(15)31(29,30)24-18/h1-4,14,16,23H,5-13H2/t14-,16-/m0/s1. The first kappa shape index (κ1) is 20.8. The molecule has 2 atom stereocenters. The number of piperazine rings is 1. The van der Waals surface area contributed by atoms with Gasteiger partial charge in [0.15, 0.2) is 5.84 Å². The molecule has 5 rings (SSSR count). The van der Waals surface area contributed by atoms with E-state index in [1.54, 1.807) is 18.2 Å². The van der Waals surface area contributed by atoms with Crippen LogP contribution in [0.4, 0.5) is 8.78 Å². The van der Waals surface area contributed by atoms with E-state index in [0.717, 1.165) is 13.1 Å². The summed E-state index contributed by atoms with van der Waals surface area (Å²) >= 11 is 0. The lowest BCUT2D eigenvalue weighted by molar-refractivity contribution is -0.133. The van der Waals surface area contributed by atoms with Gasteiger partial charge < -0.3 is 15.1 Å². The normalized spacial score (nSPS) is 29.8. The SMILES string of the molecule is O=C([C@@H]1C[C@H](N2CCN(C3=NS(=O)(=O)c4ccccc43)CC2)CN1)N1CCC(F)(F)C1. The van der Waals surface area contributed by atoms with Crippen LogP contribution in [0.3, 0.4) is 0 Å². The van der Waals surface area contributed by atoms with Gasteiger partial charge in [0.2, 0.25) is 5.91 Å². The molecule has 168 valence electrons. The molecule has 0 radical (unpaired) electrons. The first-order valence-corrected chi connectivity index (χ1v) is 12.0. The van der Waals surface area contributed by atoms with Gasteiger partial charge in [0.25, 0.3) is 15.9 Å². The van der Waals surface area contributed by atoms with Gasteiger partial charge in [-0.1, -0.05) is 12.1 Å². The van der Waals surface area contributed by atoms with Crippen molar-refractivity contribution in [2.45, 2.75) is 35.7 Å². The second kappa shape index (κ2) is 7.49. The van der Waals surface area contributed by atoms with Crippen LogP contribution in [0.25, 0.3) is 0 Å². The molecular weight excluding hydrogens is 428 g/mol. The Kier molecular flexibility index (Phi) is 5.02. The van der Waals surface area contributed by atoms with Crippen molar-refractivity contribution in [1.82, 2.24) is 20.0 Å². The van der Waals surface area contributed by atoms with Crippen LogP contribution in [-0.2, 0) is 14.8 Å². The van der Waals surface area contributed by atoms with Crippen molar-refractivity contribution in [2.75, 3.05) is 45.8 Å². The molecule has 1 N–H and O–H groups in total. The number of amidine groups is 1. The third-order valence-electron chi connectivity index (χ3n) is 6.63. The van der Waals surface area contributed by atoms with Crippen molar-refractivity contribution in [2.24, 2.45) is 4.40 Å². The van der Waals surface area contributed by atoms with E-state index >= 15 is 0 Å². The highest BCUT2D eigenvalue weighted by Gasteiger charge is 2.44. The lowest BCUT2D eigenvalue weighted by atomic mass is 10.1. The predicted molar refractivity (Wildman–Crippen MR) is 110 cm³/mol. The summed E-state index contributed by atoms with van der Waals surface area (Å²) in [7, 11) is -3.64. The van der Waals surface area contributed by atoms with Gasteiger partial charge in [0.05, 0.1) is 12.6 Å². The maximum Gasteiger partial charge on any atom is 0.285 e. The molecule has 1 amide bonds. The second-order valence-corrected chi connectivity index (χ2v) is 10.2. The Balaban J connectivity index is 1.18. The number of likely N-dealkylation sites (tertiary alicyclic amines) is 1. The van der Waals surface area contributed by atoms with Gasteiger partial charge in [-0.2, -0.15) is 8.42 Å². The van der Waals surface area contributed by atoms with E-state index < -0.39 is 28.5 Å². The number of rotatable bonds is 2. The highest BCUT2D eigenvalue weighted by atomic mass is 32.2. The van der Waals surface area contributed by atoms with E-state index in [-0.39, 0.29) is 29.8 Å². The fourth-order valence-electron chi connectivity index (χ4n) is 4.94. The number of carbonyl (C=O) groups excluding carboxylic acids is 1. The maximum absolute atomic E-state index is 13.4. The van der Waals surface area contributed by atoms with E-state index in [0.29, 0.717) is 37.5 Å². The highest BCUT2D eigenvalue weighted by Crippen LogP contribution is 2.30. The van der Waals surface area contributed by atoms with Gasteiger partial charge in [-0.3, -0.25) is 9.69 Å². The van der Waals surface area contributed by atoms with Crippen LogP contribution in [0.5, 0.6) is 0 Å². The highest BCUT2D eigenvalue weighted by molar-refractivity contribution is 7.90. The molecule has 31 heavy (non-hydrogen) atoms. The lowest BCUT2D eigenvalue weighted by Crippen LogP contribution is -2.52. The molecule has 0 unspecified atom stereocenters. The predicted octanol–water partition coefficient (Wildman–Crippen LogP) is 0.351. The number of nitrogens with one attached hydrogen (secondary N) is 1. The number of carbonyl (C=O) groups is 1. The number of benzene rings is 1. The monoisotopic (exact) mass is 453 g/mol. The summed E-state index contributed by atoms with van der Waals surface area (Å²) < 4.78 is 55.5. The van der Waals surface area contributed by atoms with Crippen molar-refractivity contribution in [3.05, 3.63) is 29.8 Å². The first-order chi connectivity index (χ1) is 14.7. The molecule has 0 spiro atoms. The van der Waals surface area contributed by atoms with Crippen LogP contribution >= 0.6 is 0 Å². The summed E-state index contributed by atoms with van der Waals surface area (Å²) in [5.74, 6) is -2.51. The molecule has 4 heterocycles.